The molecule has 1 aromatic heterocycles. The van der Waals surface area contributed by atoms with E-state index >= 15 is 0 Å². The number of unbranched alkanes of at least 4 members (excludes halogenated alkanes) is 1. The van der Waals surface area contributed by atoms with Gasteiger partial charge in [-0.1, -0.05) is 104 Å². The van der Waals surface area contributed by atoms with Crippen molar-refractivity contribution in [2.75, 3.05) is 0 Å². The summed E-state index contributed by atoms with van der Waals surface area (Å²) >= 11 is 0. The van der Waals surface area contributed by atoms with E-state index in [1.165, 1.54) is 6.07 Å². The Hall–Kier alpha value is -4.53. The van der Waals surface area contributed by atoms with Gasteiger partial charge in [-0.2, -0.15) is 0 Å². The van der Waals surface area contributed by atoms with Crippen molar-refractivity contribution in [1.82, 2.24) is 14.3 Å². The maximum Gasteiger partial charge on any atom is 0.264 e. The molecular weight excluding hydrogens is 546 g/mol. The Bertz CT molecular complexity index is 1770. The second-order valence-electron chi connectivity index (χ2n) is 10.0. The van der Waals surface area contributed by atoms with Crippen LogP contribution in [0.5, 0.6) is 0 Å². The maximum atomic E-state index is 13.3. The van der Waals surface area contributed by atoms with Crippen LogP contribution in [0.3, 0.4) is 0 Å². The van der Waals surface area contributed by atoms with Gasteiger partial charge in [-0.3, -0.25) is 4.79 Å². The fourth-order valence-electron chi connectivity index (χ4n) is 4.97. The molecule has 0 bridgehead atoms. The van der Waals surface area contributed by atoms with Crippen molar-refractivity contribution in [3.05, 3.63) is 132 Å². The van der Waals surface area contributed by atoms with E-state index < -0.39 is 15.9 Å². The third-order valence-corrected chi connectivity index (χ3v) is 8.54. The fourth-order valence-corrected chi connectivity index (χ4v) is 6.18. The molecule has 1 amide bonds. The summed E-state index contributed by atoms with van der Waals surface area (Å²) < 4.78 is 30.8. The minimum atomic E-state index is -4.13. The summed E-state index contributed by atoms with van der Waals surface area (Å²) in [6.07, 6.45) is 2.82. The largest absolute Gasteiger partial charge is 0.390 e. The number of aliphatic hydroxyl groups is 1. The molecule has 2 N–H and O–H groups in total. The lowest BCUT2D eigenvalue weighted by molar-refractivity contribution is 0.0981. The summed E-state index contributed by atoms with van der Waals surface area (Å²) in [6.45, 7) is 2.52. The number of rotatable bonds is 11. The SMILES string of the molecule is CCCCc1nc(-c2ccccc2)c(CO)n1Cc1ccc(-c2ccccc2S(=O)(=O)NC(=O)c2ccccc2)cc1. The number of amides is 1. The molecule has 0 fully saturated rings. The Balaban J connectivity index is 1.43. The van der Waals surface area contributed by atoms with Crippen LogP contribution in [0.25, 0.3) is 22.4 Å². The zero-order valence-corrected chi connectivity index (χ0v) is 24.2. The van der Waals surface area contributed by atoms with Crippen molar-refractivity contribution >= 4 is 15.9 Å². The van der Waals surface area contributed by atoms with Crippen molar-refractivity contribution in [3.63, 3.8) is 0 Å². The normalized spacial score (nSPS) is 11.4. The van der Waals surface area contributed by atoms with Crippen LogP contribution < -0.4 is 4.72 Å². The number of nitrogens with one attached hydrogen (secondary N) is 1. The molecule has 42 heavy (non-hydrogen) atoms. The first-order valence-corrected chi connectivity index (χ1v) is 15.4. The average molecular weight is 580 g/mol. The number of nitrogens with zero attached hydrogens (tertiary/aromatic N) is 2. The van der Waals surface area contributed by atoms with Crippen LogP contribution in [0.15, 0.2) is 114 Å². The van der Waals surface area contributed by atoms with Crippen molar-refractivity contribution in [3.8, 4) is 22.4 Å². The van der Waals surface area contributed by atoms with E-state index in [1.54, 1.807) is 48.5 Å². The number of imidazole rings is 1. The Morgan fingerprint density at radius 3 is 2.14 bits per heavy atom. The molecule has 5 rings (SSSR count). The second-order valence-corrected chi connectivity index (χ2v) is 11.7. The first-order valence-electron chi connectivity index (χ1n) is 14.0. The lowest BCUT2D eigenvalue weighted by atomic mass is 10.0. The van der Waals surface area contributed by atoms with Gasteiger partial charge in [0.2, 0.25) is 0 Å². The minimum Gasteiger partial charge on any atom is -0.390 e. The summed E-state index contributed by atoms with van der Waals surface area (Å²) in [5, 5.41) is 10.4. The van der Waals surface area contributed by atoms with Gasteiger partial charge in [-0.25, -0.2) is 18.1 Å². The molecule has 0 aliphatic rings. The zero-order valence-electron chi connectivity index (χ0n) is 23.4. The summed E-state index contributed by atoms with van der Waals surface area (Å²) in [6, 6.07) is 32.4. The van der Waals surface area contributed by atoms with Crippen LogP contribution in [0.1, 0.15) is 47.2 Å². The van der Waals surface area contributed by atoms with Crippen LogP contribution in [-0.4, -0.2) is 29.0 Å². The Labute approximate surface area is 246 Å². The Morgan fingerprint density at radius 1 is 0.833 bits per heavy atom. The molecular formula is C34H33N3O4S. The van der Waals surface area contributed by atoms with E-state index in [9.17, 15) is 18.3 Å². The zero-order chi connectivity index (χ0) is 29.5. The average Bonchev–Trinajstić information content (AvgIpc) is 3.37. The van der Waals surface area contributed by atoms with E-state index in [4.69, 9.17) is 4.98 Å². The summed E-state index contributed by atoms with van der Waals surface area (Å²) in [7, 11) is -4.13. The van der Waals surface area contributed by atoms with E-state index in [0.717, 1.165) is 47.6 Å². The standard InChI is InChI=1S/C34H33N3O4S/c1-2-3-18-32-35-33(27-12-6-4-7-13-27)30(24-38)37(32)23-25-19-21-26(22-20-25)29-16-10-11-17-31(29)42(40,41)36-34(39)28-14-8-5-9-15-28/h4-17,19-22,38H,2-3,18,23-24H2,1H3,(H,36,39). The van der Waals surface area contributed by atoms with Crippen LogP contribution in [0.4, 0.5) is 0 Å². The number of aliphatic hydroxyl groups excluding tert-OH is 1. The molecule has 214 valence electrons. The molecule has 0 saturated heterocycles. The smallest absolute Gasteiger partial charge is 0.264 e. The number of hydrogen-bond donors (Lipinski definition) is 2. The van der Waals surface area contributed by atoms with Crippen molar-refractivity contribution in [2.45, 2.75) is 44.2 Å². The van der Waals surface area contributed by atoms with Crippen LogP contribution in [0, 0.1) is 0 Å². The van der Waals surface area contributed by atoms with Gasteiger partial charge in [0.05, 0.1) is 22.9 Å². The number of aryl methyl sites for hydroxylation is 1. The highest BCUT2D eigenvalue weighted by Gasteiger charge is 2.23. The van der Waals surface area contributed by atoms with Gasteiger partial charge in [-0.15, -0.1) is 0 Å². The third kappa shape index (κ3) is 6.35. The number of carbonyl (C=O) groups excluding carboxylic acids is 1. The topological polar surface area (TPSA) is 101 Å². The molecule has 0 radical (unpaired) electrons. The van der Waals surface area contributed by atoms with Crippen molar-refractivity contribution in [2.24, 2.45) is 0 Å². The fraction of sp³-hybridized carbons (Fsp3) is 0.176. The quantitative estimate of drug-likeness (QED) is 0.194. The summed E-state index contributed by atoms with van der Waals surface area (Å²) in [5.41, 5.74) is 4.96. The first-order chi connectivity index (χ1) is 20.4. The van der Waals surface area contributed by atoms with Gasteiger partial charge >= 0.3 is 0 Å². The Kier molecular flexibility index (Phi) is 8.95. The number of sulfonamides is 1. The van der Waals surface area contributed by atoms with E-state index in [1.807, 2.05) is 54.6 Å². The Morgan fingerprint density at radius 2 is 1.48 bits per heavy atom. The molecule has 5 aromatic rings. The van der Waals surface area contributed by atoms with Crippen molar-refractivity contribution < 1.29 is 18.3 Å². The van der Waals surface area contributed by atoms with E-state index in [0.29, 0.717) is 17.7 Å². The number of carbonyl (C=O) groups is 1. The van der Waals surface area contributed by atoms with Gasteiger partial charge < -0.3 is 9.67 Å². The number of hydrogen-bond acceptors (Lipinski definition) is 5. The summed E-state index contributed by atoms with van der Waals surface area (Å²) in [5.74, 6) is 0.240. The van der Waals surface area contributed by atoms with Crippen molar-refractivity contribution in [1.29, 1.82) is 0 Å². The highest BCUT2D eigenvalue weighted by atomic mass is 32.2. The maximum absolute atomic E-state index is 13.3. The lowest BCUT2D eigenvalue weighted by Crippen LogP contribution is -2.30. The number of benzene rings is 4. The third-order valence-electron chi connectivity index (χ3n) is 7.15. The van der Waals surface area contributed by atoms with Crippen LogP contribution >= 0.6 is 0 Å². The molecule has 8 heteroatoms. The highest BCUT2D eigenvalue weighted by molar-refractivity contribution is 7.90. The monoisotopic (exact) mass is 579 g/mol. The highest BCUT2D eigenvalue weighted by Crippen LogP contribution is 2.29. The van der Waals surface area contributed by atoms with Gasteiger partial charge in [0.15, 0.2) is 0 Å². The molecule has 0 spiro atoms. The lowest BCUT2D eigenvalue weighted by Gasteiger charge is -2.14. The predicted octanol–water partition coefficient (Wildman–Crippen LogP) is 6.22. The molecule has 0 saturated carbocycles. The first kappa shape index (κ1) is 29.0. The van der Waals surface area contributed by atoms with E-state index in [-0.39, 0.29) is 17.1 Å². The van der Waals surface area contributed by atoms with Gasteiger partial charge in [0.1, 0.15) is 5.82 Å². The summed E-state index contributed by atoms with van der Waals surface area (Å²) in [4.78, 5) is 17.6. The molecule has 4 aromatic carbocycles. The molecule has 0 aliphatic carbocycles. The van der Waals surface area contributed by atoms with Gasteiger partial charge in [0, 0.05) is 29.7 Å². The van der Waals surface area contributed by atoms with Gasteiger partial charge in [-0.05, 0) is 35.7 Å². The molecule has 7 nitrogen and oxygen atoms in total. The van der Waals surface area contributed by atoms with E-state index in [2.05, 4.69) is 16.2 Å². The van der Waals surface area contributed by atoms with Gasteiger partial charge in [0.25, 0.3) is 15.9 Å². The van der Waals surface area contributed by atoms with Crippen LogP contribution in [0.2, 0.25) is 0 Å². The molecule has 0 atom stereocenters. The van der Waals surface area contributed by atoms with Crippen LogP contribution in [-0.2, 0) is 29.6 Å². The molecule has 0 aliphatic heterocycles. The second kappa shape index (κ2) is 13.0. The molecule has 1 heterocycles. The minimum absolute atomic E-state index is 0.0218. The number of aromatic nitrogens is 2. The molecule has 0 unspecified atom stereocenters. The predicted molar refractivity (Wildman–Crippen MR) is 164 cm³/mol.